The Morgan fingerprint density at radius 2 is 1.95 bits per heavy atom. The first kappa shape index (κ1) is 12.8. The Hall–Kier alpha value is -2.24. The molecular weight excluding hydrogens is 306 g/mol. The maximum atomic E-state index is 12.1. The summed E-state index contributed by atoms with van der Waals surface area (Å²) >= 11 is 0.536. The molecule has 2 aromatic heterocycles. The van der Waals surface area contributed by atoms with Crippen molar-refractivity contribution in [2.75, 3.05) is 4.90 Å². The molecule has 0 unspecified atom stereocenters. The molecule has 0 saturated carbocycles. The van der Waals surface area contributed by atoms with Gasteiger partial charge in [-0.25, -0.2) is 18.5 Å². The van der Waals surface area contributed by atoms with Crippen LogP contribution in [0.4, 0.5) is 5.13 Å². The van der Waals surface area contributed by atoms with Gasteiger partial charge in [0.15, 0.2) is 0 Å². The highest BCUT2D eigenvalue weighted by molar-refractivity contribution is 7.91. The van der Waals surface area contributed by atoms with Crippen LogP contribution >= 0.6 is 11.3 Å². The molecule has 0 fully saturated rings. The fourth-order valence-corrected chi connectivity index (χ4v) is 3.07. The summed E-state index contributed by atoms with van der Waals surface area (Å²) in [6.45, 7) is 0. The Bertz CT molecular complexity index is 809. The van der Waals surface area contributed by atoms with Crippen molar-refractivity contribution in [3.05, 3.63) is 29.6 Å². The van der Waals surface area contributed by atoms with Crippen LogP contribution in [0.3, 0.4) is 0 Å². The fraction of sp³-hybridized carbons (Fsp3) is 0. The molecule has 0 atom stereocenters. The maximum Gasteiger partial charge on any atom is 0.286 e. The van der Waals surface area contributed by atoms with E-state index in [9.17, 15) is 18.0 Å². The second-order valence-corrected chi connectivity index (χ2v) is 6.43. The van der Waals surface area contributed by atoms with E-state index in [4.69, 9.17) is 5.14 Å². The van der Waals surface area contributed by atoms with Gasteiger partial charge in [-0.2, -0.15) is 0 Å². The lowest BCUT2D eigenvalue weighted by Gasteiger charge is -2.07. The van der Waals surface area contributed by atoms with E-state index in [2.05, 4.69) is 15.2 Å². The minimum absolute atomic E-state index is 0.00939. The number of sulfonamides is 1. The van der Waals surface area contributed by atoms with Gasteiger partial charge in [0.1, 0.15) is 5.69 Å². The van der Waals surface area contributed by atoms with Crippen LogP contribution in [-0.2, 0) is 10.0 Å². The number of carbonyl (C=O) groups is 2. The smallest absolute Gasteiger partial charge is 0.268 e. The number of aromatic nitrogens is 3. The van der Waals surface area contributed by atoms with Crippen molar-refractivity contribution >= 4 is 38.3 Å². The van der Waals surface area contributed by atoms with Crippen LogP contribution in [0, 0.1) is 0 Å². The van der Waals surface area contributed by atoms with Gasteiger partial charge < -0.3 is 0 Å². The van der Waals surface area contributed by atoms with Gasteiger partial charge in [-0.3, -0.25) is 14.6 Å². The van der Waals surface area contributed by atoms with Gasteiger partial charge in [0.2, 0.25) is 9.47 Å². The van der Waals surface area contributed by atoms with Crippen molar-refractivity contribution in [1.82, 2.24) is 15.2 Å². The van der Waals surface area contributed by atoms with E-state index in [-0.39, 0.29) is 16.4 Å². The molecule has 3 heterocycles. The van der Waals surface area contributed by atoms with Crippen LogP contribution in [0.5, 0.6) is 0 Å². The molecule has 0 aromatic carbocycles. The van der Waals surface area contributed by atoms with E-state index in [1.54, 1.807) is 0 Å². The van der Waals surface area contributed by atoms with Crippen molar-refractivity contribution in [2.45, 2.75) is 4.34 Å². The number of hydrogen-bond acceptors (Lipinski definition) is 8. The molecule has 2 aromatic rings. The number of fused-ring (bicyclic) bond motifs is 1. The average molecular weight is 311 g/mol. The summed E-state index contributed by atoms with van der Waals surface area (Å²) in [6, 6.07) is 2.97. The quantitative estimate of drug-likeness (QED) is 0.576. The zero-order valence-electron chi connectivity index (χ0n) is 9.55. The van der Waals surface area contributed by atoms with E-state index >= 15 is 0 Å². The number of carbonyl (C=O) groups excluding carboxylic acids is 2. The lowest BCUT2D eigenvalue weighted by Crippen LogP contribution is -2.29. The molecule has 1 aliphatic heterocycles. The number of primary sulfonamides is 1. The first-order valence-electron chi connectivity index (χ1n) is 5.09. The highest BCUT2D eigenvalue weighted by Crippen LogP contribution is 2.30. The molecule has 0 radical (unpaired) electrons. The van der Waals surface area contributed by atoms with Crippen LogP contribution in [0.25, 0.3) is 0 Å². The van der Waals surface area contributed by atoms with Crippen LogP contribution < -0.4 is 10.0 Å². The zero-order chi connectivity index (χ0) is 14.5. The van der Waals surface area contributed by atoms with Crippen LogP contribution in [0.2, 0.25) is 0 Å². The number of nitrogens with zero attached hydrogens (tertiary/aromatic N) is 4. The lowest BCUT2D eigenvalue weighted by atomic mass is 10.2. The molecule has 3 rings (SSSR count). The lowest BCUT2D eigenvalue weighted by molar-refractivity contribution is 0.0924. The zero-order valence-corrected chi connectivity index (χ0v) is 11.2. The molecule has 0 saturated heterocycles. The Kier molecular flexibility index (Phi) is 2.64. The van der Waals surface area contributed by atoms with E-state index < -0.39 is 26.2 Å². The maximum absolute atomic E-state index is 12.1. The standard InChI is InChI=1S/C9H5N5O4S2/c10-20(17,18)9-13-12-8(19-9)14-6(15)4-2-1-3-11-5(4)7(14)16/h1-3H,(H2,10,17,18). The predicted molar refractivity (Wildman–Crippen MR) is 66.7 cm³/mol. The fourth-order valence-electron chi connectivity index (χ4n) is 1.65. The Balaban J connectivity index is 2.08. The largest absolute Gasteiger partial charge is 0.286 e. The second kappa shape index (κ2) is 4.13. The molecule has 2 N–H and O–H groups in total. The van der Waals surface area contributed by atoms with Crippen LogP contribution in [-0.4, -0.2) is 35.4 Å². The molecule has 1 aliphatic rings. The minimum Gasteiger partial charge on any atom is -0.268 e. The highest BCUT2D eigenvalue weighted by atomic mass is 32.2. The van der Waals surface area contributed by atoms with Gasteiger partial charge in [0.05, 0.1) is 5.56 Å². The molecule has 0 bridgehead atoms. The minimum atomic E-state index is -4.03. The monoisotopic (exact) mass is 311 g/mol. The van der Waals surface area contributed by atoms with Gasteiger partial charge in [0.25, 0.3) is 21.8 Å². The third-order valence-electron chi connectivity index (χ3n) is 2.48. The van der Waals surface area contributed by atoms with E-state index in [1.165, 1.54) is 18.3 Å². The molecule has 0 spiro atoms. The molecule has 9 nitrogen and oxygen atoms in total. The number of imide groups is 1. The molecule has 20 heavy (non-hydrogen) atoms. The number of hydrogen-bond donors (Lipinski definition) is 1. The van der Waals surface area contributed by atoms with Gasteiger partial charge in [0, 0.05) is 6.20 Å². The van der Waals surface area contributed by atoms with E-state index in [0.29, 0.717) is 11.3 Å². The number of pyridine rings is 1. The predicted octanol–water partition coefficient (Wildman–Crippen LogP) is -0.619. The number of rotatable bonds is 2. The van der Waals surface area contributed by atoms with Crippen molar-refractivity contribution < 1.29 is 18.0 Å². The third kappa shape index (κ3) is 1.79. The number of amides is 2. The van der Waals surface area contributed by atoms with Gasteiger partial charge in [-0.15, -0.1) is 10.2 Å². The summed E-state index contributed by atoms with van der Waals surface area (Å²) in [5.41, 5.74) is 0.120. The van der Waals surface area contributed by atoms with Crippen molar-refractivity contribution in [1.29, 1.82) is 0 Å². The summed E-state index contributed by atoms with van der Waals surface area (Å²) in [5, 5.41) is 11.6. The first-order chi connectivity index (χ1) is 9.39. The number of nitrogens with two attached hydrogens (primary N) is 1. The van der Waals surface area contributed by atoms with E-state index in [1.807, 2.05) is 0 Å². The topological polar surface area (TPSA) is 136 Å². The average Bonchev–Trinajstić information content (AvgIpc) is 2.95. The van der Waals surface area contributed by atoms with E-state index in [0.717, 1.165) is 4.90 Å². The molecular formula is C9H5N5O4S2. The summed E-state index contributed by atoms with van der Waals surface area (Å²) in [4.78, 5) is 28.7. The number of anilines is 1. The van der Waals surface area contributed by atoms with Crippen LogP contribution in [0.15, 0.2) is 22.7 Å². The summed E-state index contributed by atoms with van der Waals surface area (Å²) < 4.78 is 21.8. The normalized spacial score (nSPS) is 14.8. The van der Waals surface area contributed by atoms with Gasteiger partial charge in [-0.1, -0.05) is 11.3 Å². The second-order valence-electron chi connectivity index (χ2n) is 3.74. The molecule has 0 aliphatic carbocycles. The Morgan fingerprint density at radius 1 is 1.20 bits per heavy atom. The summed E-state index contributed by atoms with van der Waals surface area (Å²) in [6.07, 6.45) is 1.38. The third-order valence-corrected chi connectivity index (χ3v) is 4.70. The first-order valence-corrected chi connectivity index (χ1v) is 7.46. The SMILES string of the molecule is NS(=O)(=O)c1nnc(N2C(=O)c3cccnc3C2=O)s1. The van der Waals surface area contributed by atoms with Crippen LogP contribution in [0.1, 0.15) is 20.8 Å². The van der Waals surface area contributed by atoms with Crippen molar-refractivity contribution in [3.8, 4) is 0 Å². The summed E-state index contributed by atoms with van der Waals surface area (Å²) in [7, 11) is -4.03. The van der Waals surface area contributed by atoms with Gasteiger partial charge >= 0.3 is 0 Å². The van der Waals surface area contributed by atoms with Crippen molar-refractivity contribution in [2.24, 2.45) is 5.14 Å². The Morgan fingerprint density at radius 3 is 2.55 bits per heavy atom. The van der Waals surface area contributed by atoms with Gasteiger partial charge in [-0.05, 0) is 12.1 Å². The highest BCUT2D eigenvalue weighted by Gasteiger charge is 2.40. The molecule has 11 heteroatoms. The molecule has 2 amide bonds. The molecule has 102 valence electrons. The Labute approximate surface area is 116 Å². The summed E-state index contributed by atoms with van der Waals surface area (Å²) in [5.74, 6) is -1.31. The van der Waals surface area contributed by atoms with Crippen molar-refractivity contribution in [3.63, 3.8) is 0 Å².